The van der Waals surface area contributed by atoms with Crippen molar-refractivity contribution in [3.63, 3.8) is 0 Å². The quantitative estimate of drug-likeness (QED) is 0.838. The van der Waals surface area contributed by atoms with Crippen LogP contribution in [0, 0.1) is 0 Å². The summed E-state index contributed by atoms with van der Waals surface area (Å²) in [6.45, 7) is 0. The van der Waals surface area contributed by atoms with Gasteiger partial charge in [-0.1, -0.05) is 23.7 Å². The first kappa shape index (κ1) is 9.96. The average molecular weight is 232 g/mol. The van der Waals surface area contributed by atoms with Crippen molar-refractivity contribution in [1.29, 1.82) is 0 Å². The summed E-state index contributed by atoms with van der Waals surface area (Å²) in [6.07, 6.45) is 0.610. The van der Waals surface area contributed by atoms with E-state index in [1.54, 1.807) is 12.1 Å². The summed E-state index contributed by atoms with van der Waals surface area (Å²) in [5.74, 6) is 0.0312. The van der Waals surface area contributed by atoms with E-state index in [2.05, 4.69) is 0 Å². The Morgan fingerprint density at radius 3 is 2.64 bits per heavy atom. The molecule has 0 amide bonds. The molecule has 14 heavy (non-hydrogen) atoms. The molecule has 0 bridgehead atoms. The minimum Gasteiger partial charge on any atom is -0.228 e. The Kier molecular flexibility index (Phi) is 2.29. The molecule has 0 unspecified atom stereocenters. The van der Waals surface area contributed by atoms with E-state index in [0.29, 0.717) is 11.4 Å². The maximum Gasteiger partial charge on any atom is 0.212 e. The van der Waals surface area contributed by atoms with Gasteiger partial charge in [0.25, 0.3) is 0 Å². The van der Waals surface area contributed by atoms with E-state index < -0.39 is 15.3 Å². The van der Waals surface area contributed by atoms with Crippen molar-refractivity contribution in [2.75, 3.05) is 0 Å². The second kappa shape index (κ2) is 3.22. The number of rotatable bonds is 2. The molecule has 5 heteroatoms. The Bertz CT molecular complexity index is 458. The third kappa shape index (κ3) is 1.92. The molecule has 1 aromatic carbocycles. The number of sulfonamides is 1. The first-order valence-corrected chi connectivity index (χ1v) is 6.24. The van der Waals surface area contributed by atoms with Crippen molar-refractivity contribution in [2.24, 2.45) is 5.14 Å². The van der Waals surface area contributed by atoms with Gasteiger partial charge in [0.1, 0.15) is 0 Å². The van der Waals surface area contributed by atoms with Gasteiger partial charge in [-0.25, -0.2) is 13.6 Å². The molecule has 76 valence electrons. The highest BCUT2D eigenvalue weighted by molar-refractivity contribution is 7.90. The number of primary sulfonamides is 1. The van der Waals surface area contributed by atoms with Crippen LogP contribution in [-0.4, -0.2) is 13.7 Å². The molecule has 1 aliphatic rings. The van der Waals surface area contributed by atoms with Crippen molar-refractivity contribution in [2.45, 2.75) is 17.6 Å². The van der Waals surface area contributed by atoms with E-state index in [4.69, 9.17) is 16.7 Å². The summed E-state index contributed by atoms with van der Waals surface area (Å²) in [4.78, 5) is 0. The number of nitrogens with two attached hydrogens (primary N) is 1. The van der Waals surface area contributed by atoms with E-state index in [0.717, 1.165) is 5.56 Å². The lowest BCUT2D eigenvalue weighted by atomic mass is 10.1. The maximum atomic E-state index is 11.0. The van der Waals surface area contributed by atoms with Crippen molar-refractivity contribution in [3.05, 3.63) is 34.9 Å². The third-order valence-corrected chi connectivity index (χ3v) is 4.03. The molecule has 1 saturated carbocycles. The van der Waals surface area contributed by atoms with E-state index in [1.165, 1.54) is 0 Å². The average Bonchev–Trinajstić information content (AvgIpc) is 2.81. The molecule has 1 aliphatic carbocycles. The first-order chi connectivity index (χ1) is 6.48. The fraction of sp³-hybridized carbons (Fsp3) is 0.333. The molecule has 2 atom stereocenters. The summed E-state index contributed by atoms with van der Waals surface area (Å²) in [5.41, 5.74) is 0.955. The summed E-state index contributed by atoms with van der Waals surface area (Å²) in [7, 11) is -3.38. The van der Waals surface area contributed by atoms with E-state index in [-0.39, 0.29) is 5.92 Å². The predicted molar refractivity (Wildman–Crippen MR) is 55.7 cm³/mol. The highest BCUT2D eigenvalue weighted by Crippen LogP contribution is 2.45. The lowest BCUT2D eigenvalue weighted by molar-refractivity contribution is 0.595. The van der Waals surface area contributed by atoms with E-state index in [9.17, 15) is 8.42 Å². The standard InChI is InChI=1S/C9H10ClNO2S/c10-7-3-1-2-6(4-7)8-5-9(8)14(11,12)13/h1-4,8-9H,5H2,(H2,11,12,13)/t8-,9-/m0/s1. The molecule has 0 saturated heterocycles. The Morgan fingerprint density at radius 1 is 1.43 bits per heavy atom. The number of halogens is 1. The molecule has 2 rings (SSSR count). The Labute approximate surface area is 87.9 Å². The Morgan fingerprint density at radius 2 is 2.14 bits per heavy atom. The number of benzene rings is 1. The second-order valence-electron chi connectivity index (χ2n) is 3.52. The van der Waals surface area contributed by atoms with Crippen LogP contribution in [-0.2, 0) is 10.0 Å². The summed E-state index contributed by atoms with van der Waals surface area (Å²) >= 11 is 5.80. The van der Waals surface area contributed by atoms with E-state index in [1.807, 2.05) is 12.1 Å². The first-order valence-electron chi connectivity index (χ1n) is 4.25. The van der Waals surface area contributed by atoms with Gasteiger partial charge >= 0.3 is 0 Å². The van der Waals surface area contributed by atoms with E-state index >= 15 is 0 Å². The van der Waals surface area contributed by atoms with Gasteiger partial charge in [0.05, 0.1) is 5.25 Å². The fourth-order valence-corrected chi connectivity index (χ4v) is 2.91. The van der Waals surface area contributed by atoms with Gasteiger partial charge in [-0.05, 0) is 24.1 Å². The smallest absolute Gasteiger partial charge is 0.212 e. The molecule has 1 aromatic rings. The van der Waals surface area contributed by atoms with Crippen molar-refractivity contribution in [1.82, 2.24) is 0 Å². The van der Waals surface area contributed by atoms with Crippen LogP contribution in [0.3, 0.4) is 0 Å². The normalized spacial score (nSPS) is 26.1. The Hall–Kier alpha value is -0.580. The van der Waals surface area contributed by atoms with Gasteiger partial charge in [0, 0.05) is 10.9 Å². The van der Waals surface area contributed by atoms with Crippen LogP contribution in [0.2, 0.25) is 5.02 Å². The molecule has 1 fully saturated rings. The van der Waals surface area contributed by atoms with Crippen LogP contribution in [0.1, 0.15) is 17.9 Å². The summed E-state index contributed by atoms with van der Waals surface area (Å²) in [5, 5.41) is 5.26. The lowest BCUT2D eigenvalue weighted by Gasteiger charge is -1.99. The van der Waals surface area contributed by atoms with Crippen LogP contribution < -0.4 is 5.14 Å². The largest absolute Gasteiger partial charge is 0.228 e. The van der Waals surface area contributed by atoms with Crippen molar-refractivity contribution in [3.8, 4) is 0 Å². The van der Waals surface area contributed by atoms with Crippen LogP contribution in [0.15, 0.2) is 24.3 Å². The molecule has 0 radical (unpaired) electrons. The van der Waals surface area contributed by atoms with Crippen molar-refractivity contribution >= 4 is 21.6 Å². The highest BCUT2D eigenvalue weighted by atomic mass is 35.5. The van der Waals surface area contributed by atoms with Crippen LogP contribution >= 0.6 is 11.6 Å². The molecule has 0 aliphatic heterocycles. The summed E-state index contributed by atoms with van der Waals surface area (Å²) < 4.78 is 22.0. The molecule has 3 nitrogen and oxygen atoms in total. The minimum atomic E-state index is -3.38. The summed E-state index contributed by atoms with van der Waals surface area (Å²) in [6, 6.07) is 7.24. The zero-order valence-corrected chi connectivity index (χ0v) is 8.92. The maximum absolute atomic E-state index is 11.0. The third-order valence-electron chi connectivity index (χ3n) is 2.43. The van der Waals surface area contributed by atoms with Crippen LogP contribution in [0.25, 0.3) is 0 Å². The molecule has 2 N–H and O–H groups in total. The number of hydrogen-bond donors (Lipinski definition) is 1. The highest BCUT2D eigenvalue weighted by Gasteiger charge is 2.46. The van der Waals surface area contributed by atoms with Gasteiger partial charge < -0.3 is 0 Å². The molecular weight excluding hydrogens is 222 g/mol. The van der Waals surface area contributed by atoms with Crippen LogP contribution in [0.5, 0.6) is 0 Å². The zero-order valence-electron chi connectivity index (χ0n) is 7.35. The zero-order chi connectivity index (χ0) is 10.3. The second-order valence-corrected chi connectivity index (χ2v) is 5.74. The van der Waals surface area contributed by atoms with Gasteiger partial charge in [-0.2, -0.15) is 0 Å². The molecule has 0 spiro atoms. The number of hydrogen-bond acceptors (Lipinski definition) is 2. The molecular formula is C9H10ClNO2S. The van der Waals surface area contributed by atoms with Crippen LogP contribution in [0.4, 0.5) is 0 Å². The monoisotopic (exact) mass is 231 g/mol. The predicted octanol–water partition coefficient (Wildman–Crippen LogP) is 1.48. The van der Waals surface area contributed by atoms with Gasteiger partial charge in [0.15, 0.2) is 0 Å². The molecule has 0 aromatic heterocycles. The SMILES string of the molecule is NS(=O)(=O)[C@H]1C[C@H]1c1cccc(Cl)c1. The topological polar surface area (TPSA) is 60.2 Å². The lowest BCUT2D eigenvalue weighted by Crippen LogP contribution is -2.18. The Balaban J connectivity index is 2.22. The van der Waals surface area contributed by atoms with Crippen molar-refractivity contribution < 1.29 is 8.42 Å². The molecule has 0 heterocycles. The van der Waals surface area contributed by atoms with Gasteiger partial charge in [-0.15, -0.1) is 0 Å². The minimum absolute atomic E-state index is 0.0312. The van der Waals surface area contributed by atoms with Gasteiger partial charge in [-0.3, -0.25) is 0 Å². The van der Waals surface area contributed by atoms with Gasteiger partial charge in [0.2, 0.25) is 10.0 Å². The fourth-order valence-electron chi connectivity index (χ4n) is 1.62.